The Morgan fingerprint density at radius 2 is 1.71 bits per heavy atom. The number of hydrogen-bond donors (Lipinski definition) is 1. The first-order chi connectivity index (χ1) is 13.6. The van der Waals surface area contributed by atoms with E-state index in [-0.39, 0.29) is 12.3 Å². The molecule has 0 aliphatic rings. The Balaban J connectivity index is 1.70. The molecule has 0 spiro atoms. The average molecular weight is 379 g/mol. The summed E-state index contributed by atoms with van der Waals surface area (Å²) in [4.78, 5) is 12.4. The van der Waals surface area contributed by atoms with Gasteiger partial charge in [0.1, 0.15) is 0 Å². The third-order valence-electron chi connectivity index (χ3n) is 4.10. The molecular weight excluding hydrogens is 358 g/mol. The summed E-state index contributed by atoms with van der Waals surface area (Å²) in [5, 5.41) is 11.0. The standard InChI is InChI=1S/C21H21N3O4/c1-26-18-9-7-14(11-19(18)27-2)12-20(25)22-16-6-4-5-15(13-16)17-8-10-21(28-3)24-23-17/h4-11,13H,12H2,1-3H3,(H,22,25). The van der Waals surface area contributed by atoms with Gasteiger partial charge in [-0.25, -0.2) is 0 Å². The lowest BCUT2D eigenvalue weighted by molar-refractivity contribution is -0.115. The van der Waals surface area contributed by atoms with Crippen molar-refractivity contribution in [2.45, 2.75) is 6.42 Å². The second-order valence-corrected chi connectivity index (χ2v) is 5.96. The molecule has 0 radical (unpaired) electrons. The van der Waals surface area contributed by atoms with Crippen LogP contribution < -0.4 is 19.5 Å². The van der Waals surface area contributed by atoms with Gasteiger partial charge in [-0.05, 0) is 35.9 Å². The Morgan fingerprint density at radius 1 is 0.893 bits per heavy atom. The second-order valence-electron chi connectivity index (χ2n) is 5.96. The molecular formula is C21H21N3O4. The maximum absolute atomic E-state index is 12.4. The van der Waals surface area contributed by atoms with Crippen LogP contribution in [0.3, 0.4) is 0 Å². The minimum absolute atomic E-state index is 0.134. The van der Waals surface area contributed by atoms with E-state index in [9.17, 15) is 4.79 Å². The molecule has 1 amide bonds. The molecule has 0 fully saturated rings. The van der Waals surface area contributed by atoms with E-state index in [1.54, 1.807) is 32.4 Å². The molecule has 1 heterocycles. The number of aromatic nitrogens is 2. The first-order valence-electron chi connectivity index (χ1n) is 8.62. The molecule has 0 atom stereocenters. The minimum Gasteiger partial charge on any atom is -0.493 e. The van der Waals surface area contributed by atoms with Gasteiger partial charge in [-0.1, -0.05) is 18.2 Å². The third-order valence-corrected chi connectivity index (χ3v) is 4.10. The molecule has 0 unspecified atom stereocenters. The van der Waals surface area contributed by atoms with Gasteiger partial charge < -0.3 is 19.5 Å². The molecule has 7 heteroatoms. The summed E-state index contributed by atoms with van der Waals surface area (Å²) in [6.07, 6.45) is 0.215. The highest BCUT2D eigenvalue weighted by Crippen LogP contribution is 2.28. The van der Waals surface area contributed by atoms with E-state index >= 15 is 0 Å². The number of rotatable bonds is 7. The van der Waals surface area contributed by atoms with Crippen molar-refractivity contribution < 1.29 is 19.0 Å². The van der Waals surface area contributed by atoms with Crippen LogP contribution in [0.5, 0.6) is 17.4 Å². The lowest BCUT2D eigenvalue weighted by atomic mass is 10.1. The van der Waals surface area contributed by atoms with E-state index < -0.39 is 0 Å². The smallest absolute Gasteiger partial charge is 0.233 e. The summed E-state index contributed by atoms with van der Waals surface area (Å²) in [5.41, 5.74) is 3.05. The number of benzene rings is 2. The molecule has 0 bridgehead atoms. The van der Waals surface area contributed by atoms with E-state index in [0.717, 1.165) is 11.1 Å². The number of hydrogen-bond acceptors (Lipinski definition) is 6. The van der Waals surface area contributed by atoms with Crippen LogP contribution in [0.2, 0.25) is 0 Å². The highest BCUT2D eigenvalue weighted by Gasteiger charge is 2.10. The van der Waals surface area contributed by atoms with Crippen LogP contribution >= 0.6 is 0 Å². The third kappa shape index (κ3) is 4.56. The van der Waals surface area contributed by atoms with Gasteiger partial charge in [0.25, 0.3) is 0 Å². The summed E-state index contributed by atoms with van der Waals surface area (Å²) in [6, 6.07) is 16.4. The summed E-state index contributed by atoms with van der Waals surface area (Å²) >= 11 is 0. The first kappa shape index (κ1) is 19.2. The zero-order valence-corrected chi connectivity index (χ0v) is 15.9. The van der Waals surface area contributed by atoms with Crippen LogP contribution in [0.4, 0.5) is 5.69 Å². The predicted octanol–water partition coefficient (Wildman–Crippen LogP) is 3.35. The number of carbonyl (C=O) groups excluding carboxylic acids is 1. The lowest BCUT2D eigenvalue weighted by Gasteiger charge is -2.10. The number of methoxy groups -OCH3 is 3. The quantitative estimate of drug-likeness (QED) is 0.678. The Labute approximate surface area is 163 Å². The Kier molecular flexibility index (Phi) is 6.06. The Bertz CT molecular complexity index is 958. The van der Waals surface area contributed by atoms with Gasteiger partial charge in [0.15, 0.2) is 11.5 Å². The summed E-state index contributed by atoms with van der Waals surface area (Å²) in [6.45, 7) is 0. The number of ether oxygens (including phenoxy) is 3. The molecule has 0 aliphatic carbocycles. The van der Waals surface area contributed by atoms with Crippen molar-refractivity contribution in [2.24, 2.45) is 0 Å². The highest BCUT2D eigenvalue weighted by atomic mass is 16.5. The van der Waals surface area contributed by atoms with Crippen molar-refractivity contribution in [3.8, 4) is 28.6 Å². The number of anilines is 1. The molecule has 0 saturated carbocycles. The second kappa shape index (κ2) is 8.85. The number of amides is 1. The van der Waals surface area contributed by atoms with E-state index in [4.69, 9.17) is 14.2 Å². The first-order valence-corrected chi connectivity index (χ1v) is 8.62. The topological polar surface area (TPSA) is 82.6 Å². The van der Waals surface area contributed by atoms with E-state index in [1.165, 1.54) is 7.11 Å². The SMILES string of the molecule is COc1ccc(-c2cccc(NC(=O)Cc3ccc(OC)c(OC)c3)c2)nn1. The average Bonchev–Trinajstić information content (AvgIpc) is 2.73. The van der Waals surface area contributed by atoms with Crippen LogP contribution in [0.25, 0.3) is 11.3 Å². The molecule has 1 N–H and O–H groups in total. The molecule has 7 nitrogen and oxygen atoms in total. The van der Waals surface area contributed by atoms with Crippen molar-refractivity contribution in [2.75, 3.05) is 26.6 Å². The number of nitrogens with zero attached hydrogens (tertiary/aromatic N) is 2. The Hall–Kier alpha value is -3.61. The highest BCUT2D eigenvalue weighted by molar-refractivity contribution is 5.93. The van der Waals surface area contributed by atoms with Crippen molar-refractivity contribution in [1.29, 1.82) is 0 Å². The lowest BCUT2D eigenvalue weighted by Crippen LogP contribution is -2.14. The van der Waals surface area contributed by atoms with E-state index in [2.05, 4.69) is 15.5 Å². The van der Waals surface area contributed by atoms with Crippen LogP contribution in [-0.2, 0) is 11.2 Å². The van der Waals surface area contributed by atoms with E-state index in [1.807, 2.05) is 36.4 Å². The zero-order valence-electron chi connectivity index (χ0n) is 15.9. The summed E-state index contributed by atoms with van der Waals surface area (Å²) in [5.74, 6) is 1.53. The molecule has 3 aromatic rings. The molecule has 1 aromatic heterocycles. The van der Waals surface area contributed by atoms with Gasteiger partial charge in [0, 0.05) is 17.3 Å². The van der Waals surface area contributed by atoms with Gasteiger partial charge in [0.05, 0.1) is 33.4 Å². The minimum atomic E-state index is -0.134. The zero-order chi connectivity index (χ0) is 19.9. The Morgan fingerprint density at radius 3 is 2.39 bits per heavy atom. The van der Waals surface area contributed by atoms with Crippen molar-refractivity contribution in [1.82, 2.24) is 10.2 Å². The fourth-order valence-corrected chi connectivity index (χ4v) is 2.72. The summed E-state index contributed by atoms with van der Waals surface area (Å²) in [7, 11) is 4.68. The number of carbonyl (C=O) groups is 1. The molecule has 3 rings (SSSR count). The van der Waals surface area contributed by atoms with Crippen molar-refractivity contribution >= 4 is 11.6 Å². The molecule has 2 aromatic carbocycles. The monoisotopic (exact) mass is 379 g/mol. The normalized spacial score (nSPS) is 10.2. The van der Waals surface area contributed by atoms with E-state index in [0.29, 0.717) is 28.8 Å². The van der Waals surface area contributed by atoms with Gasteiger partial charge in [-0.15, -0.1) is 10.2 Å². The van der Waals surface area contributed by atoms with Crippen LogP contribution in [0.1, 0.15) is 5.56 Å². The van der Waals surface area contributed by atoms with Gasteiger partial charge in [0.2, 0.25) is 11.8 Å². The molecule has 28 heavy (non-hydrogen) atoms. The molecule has 0 saturated heterocycles. The fraction of sp³-hybridized carbons (Fsp3) is 0.190. The van der Waals surface area contributed by atoms with Gasteiger partial charge >= 0.3 is 0 Å². The van der Waals surface area contributed by atoms with Crippen LogP contribution in [0.15, 0.2) is 54.6 Å². The molecule has 0 aliphatic heterocycles. The van der Waals surface area contributed by atoms with Crippen molar-refractivity contribution in [3.63, 3.8) is 0 Å². The van der Waals surface area contributed by atoms with Gasteiger partial charge in [-0.3, -0.25) is 4.79 Å². The van der Waals surface area contributed by atoms with Crippen LogP contribution in [-0.4, -0.2) is 37.4 Å². The predicted molar refractivity (Wildman–Crippen MR) is 106 cm³/mol. The molecule has 144 valence electrons. The summed E-state index contributed by atoms with van der Waals surface area (Å²) < 4.78 is 15.5. The van der Waals surface area contributed by atoms with Crippen molar-refractivity contribution in [3.05, 3.63) is 60.2 Å². The largest absolute Gasteiger partial charge is 0.493 e. The maximum atomic E-state index is 12.4. The maximum Gasteiger partial charge on any atom is 0.233 e. The number of nitrogens with one attached hydrogen (secondary N) is 1. The van der Waals surface area contributed by atoms with Crippen LogP contribution in [0, 0.1) is 0 Å². The fourth-order valence-electron chi connectivity index (χ4n) is 2.72. The van der Waals surface area contributed by atoms with Gasteiger partial charge in [-0.2, -0.15) is 0 Å².